The Hall–Kier alpha value is -2.21. The van der Waals surface area contributed by atoms with Gasteiger partial charge in [-0.1, -0.05) is 101 Å². The fraction of sp³-hybridized carbons (Fsp3) is 0.516. The van der Waals surface area contributed by atoms with E-state index in [1.807, 2.05) is 6.08 Å². The molecule has 3 rings (SSSR count). The lowest BCUT2D eigenvalue weighted by Gasteiger charge is -2.44. The molecule has 0 amide bonds. The summed E-state index contributed by atoms with van der Waals surface area (Å²) >= 11 is 0. The van der Waals surface area contributed by atoms with Gasteiger partial charge >= 0.3 is 5.97 Å². The average Bonchev–Trinajstić information content (AvgIpc) is 3.26. The summed E-state index contributed by atoms with van der Waals surface area (Å²) in [7, 11) is -1.15. The summed E-state index contributed by atoms with van der Waals surface area (Å²) in [5, 5.41) is 2.61. The third kappa shape index (κ3) is 6.37. The Morgan fingerprint density at radius 3 is 2.22 bits per heavy atom. The maximum atomic E-state index is 11.3. The van der Waals surface area contributed by atoms with E-state index >= 15 is 0 Å². The van der Waals surface area contributed by atoms with Gasteiger partial charge in [-0.2, -0.15) is 0 Å². The minimum atomic E-state index is -2.55. The monoisotopic (exact) mass is 507 g/mol. The maximum Gasteiger partial charge on any atom is 0.330 e. The Bertz CT molecular complexity index is 946. The molecule has 1 aliphatic rings. The lowest BCUT2D eigenvalue weighted by molar-refractivity contribution is -0.134. The van der Waals surface area contributed by atoms with Gasteiger partial charge in [0.05, 0.1) is 7.11 Å². The smallest absolute Gasteiger partial charge is 0.330 e. The maximum absolute atomic E-state index is 11.3. The van der Waals surface area contributed by atoms with Crippen molar-refractivity contribution in [3.05, 3.63) is 72.8 Å². The first-order valence-corrected chi connectivity index (χ1v) is 15.3. The van der Waals surface area contributed by atoms with E-state index in [1.54, 1.807) is 0 Å². The highest BCUT2D eigenvalue weighted by Crippen LogP contribution is 2.43. The molecule has 0 radical (unpaired) electrons. The Morgan fingerprint density at radius 1 is 1.11 bits per heavy atom. The molecule has 5 heteroatoms. The SMILES string of the molecule is COC(=O)/C=C\CCC[C@@]1(N)CCC[C@@H]1[C@@H](C)CO[Si](c1ccccc1)(c1ccccc1)C(C)(C)C. The van der Waals surface area contributed by atoms with Crippen LogP contribution in [0.15, 0.2) is 72.8 Å². The number of allylic oxidation sites excluding steroid dienone is 1. The largest absolute Gasteiger partial charge is 0.466 e. The predicted octanol–water partition coefficient (Wildman–Crippen LogP) is 5.60. The summed E-state index contributed by atoms with van der Waals surface area (Å²) < 4.78 is 11.9. The first-order chi connectivity index (χ1) is 17.1. The quantitative estimate of drug-likeness (QED) is 0.186. The molecule has 3 atom stereocenters. The van der Waals surface area contributed by atoms with Crippen LogP contribution >= 0.6 is 0 Å². The van der Waals surface area contributed by atoms with Crippen molar-refractivity contribution in [3.63, 3.8) is 0 Å². The molecule has 0 aromatic heterocycles. The number of hydrogen-bond donors (Lipinski definition) is 1. The van der Waals surface area contributed by atoms with Crippen molar-refractivity contribution in [2.75, 3.05) is 13.7 Å². The van der Waals surface area contributed by atoms with E-state index in [9.17, 15) is 4.79 Å². The van der Waals surface area contributed by atoms with E-state index < -0.39 is 8.32 Å². The minimum Gasteiger partial charge on any atom is -0.466 e. The molecule has 0 aliphatic heterocycles. The molecule has 4 nitrogen and oxygen atoms in total. The number of unbranched alkanes of at least 4 members (excludes halogenated alkanes) is 1. The fourth-order valence-corrected chi connectivity index (χ4v) is 10.9. The van der Waals surface area contributed by atoms with E-state index in [2.05, 4.69) is 93.1 Å². The standard InChI is InChI=1S/C31H45NO3Si/c1-25(28-20-15-23-31(28,32)22-14-8-13-21-29(33)34-5)24-35-36(30(2,3)4,26-16-9-6-10-17-26)27-18-11-7-12-19-27/h6-7,9-13,16-19,21,25,28H,8,14-15,20,22-24,32H2,1-5H3/b21-13-/t25-,28+,31+/m0/s1. The molecule has 0 unspecified atom stereocenters. The number of hydrogen-bond acceptors (Lipinski definition) is 4. The molecular formula is C31H45NO3Si. The van der Waals surface area contributed by atoms with Crippen LogP contribution in [0.25, 0.3) is 0 Å². The lowest BCUT2D eigenvalue weighted by Crippen LogP contribution is -2.67. The Labute approximate surface area is 219 Å². The van der Waals surface area contributed by atoms with Crippen LogP contribution in [0, 0.1) is 11.8 Å². The summed E-state index contributed by atoms with van der Waals surface area (Å²) in [5.74, 6) is 0.496. The minimum absolute atomic E-state index is 0.0309. The number of benzene rings is 2. The Morgan fingerprint density at radius 2 is 1.69 bits per heavy atom. The van der Waals surface area contributed by atoms with Gasteiger partial charge in [-0.25, -0.2) is 4.79 Å². The Balaban J connectivity index is 1.78. The van der Waals surface area contributed by atoms with Crippen LogP contribution in [-0.2, 0) is 14.0 Å². The highest BCUT2D eigenvalue weighted by molar-refractivity contribution is 6.99. The zero-order valence-corrected chi connectivity index (χ0v) is 23.8. The van der Waals surface area contributed by atoms with Crippen LogP contribution in [-0.4, -0.2) is 33.5 Å². The van der Waals surface area contributed by atoms with E-state index in [0.717, 1.165) is 32.1 Å². The van der Waals surface area contributed by atoms with Gasteiger partial charge in [0.15, 0.2) is 0 Å². The molecule has 0 saturated heterocycles. The van der Waals surface area contributed by atoms with Crippen LogP contribution in [0.4, 0.5) is 0 Å². The van der Waals surface area contributed by atoms with Gasteiger partial charge in [0.1, 0.15) is 0 Å². The summed E-state index contributed by atoms with van der Waals surface area (Å²) in [5.41, 5.74) is 6.89. The number of carbonyl (C=O) groups excluding carboxylic acids is 1. The third-order valence-electron chi connectivity index (χ3n) is 8.03. The second kappa shape index (κ2) is 12.4. The van der Waals surface area contributed by atoms with Crippen molar-refractivity contribution in [2.24, 2.45) is 17.6 Å². The molecule has 1 aliphatic carbocycles. The number of methoxy groups -OCH3 is 1. The van der Waals surface area contributed by atoms with Crippen molar-refractivity contribution in [1.29, 1.82) is 0 Å². The molecule has 2 N–H and O–H groups in total. The molecular weight excluding hydrogens is 462 g/mol. The van der Waals surface area contributed by atoms with Gasteiger partial charge in [-0.05, 0) is 59.4 Å². The summed E-state index contributed by atoms with van der Waals surface area (Å²) in [6.07, 6.45) is 9.57. The molecule has 2 aromatic rings. The number of nitrogens with two attached hydrogens (primary N) is 1. The number of rotatable bonds is 11. The average molecular weight is 508 g/mol. The van der Waals surface area contributed by atoms with E-state index in [-0.39, 0.29) is 16.5 Å². The van der Waals surface area contributed by atoms with Gasteiger partial charge in [-0.3, -0.25) is 0 Å². The van der Waals surface area contributed by atoms with Gasteiger partial charge in [0.2, 0.25) is 0 Å². The number of carbonyl (C=O) groups is 1. The number of ether oxygens (including phenoxy) is 1. The molecule has 2 aromatic carbocycles. The van der Waals surface area contributed by atoms with Crippen LogP contribution in [0.5, 0.6) is 0 Å². The van der Waals surface area contributed by atoms with Gasteiger partial charge < -0.3 is 14.9 Å². The lowest BCUT2D eigenvalue weighted by atomic mass is 9.77. The molecule has 196 valence electrons. The first-order valence-electron chi connectivity index (χ1n) is 13.4. The zero-order chi connectivity index (χ0) is 26.2. The van der Waals surface area contributed by atoms with Crippen molar-refractivity contribution < 1.29 is 14.0 Å². The zero-order valence-electron chi connectivity index (χ0n) is 22.8. The van der Waals surface area contributed by atoms with Gasteiger partial charge in [0, 0.05) is 18.2 Å². The van der Waals surface area contributed by atoms with E-state index in [4.69, 9.17) is 10.2 Å². The van der Waals surface area contributed by atoms with Crippen LogP contribution in [0.3, 0.4) is 0 Å². The third-order valence-corrected chi connectivity index (χ3v) is 13.0. The summed E-state index contributed by atoms with van der Waals surface area (Å²) in [4.78, 5) is 11.3. The fourth-order valence-electron chi connectivity index (χ4n) is 6.22. The van der Waals surface area contributed by atoms with Crippen LogP contribution in [0.2, 0.25) is 5.04 Å². The van der Waals surface area contributed by atoms with Gasteiger partial charge in [0.25, 0.3) is 8.32 Å². The van der Waals surface area contributed by atoms with E-state index in [1.165, 1.54) is 30.0 Å². The summed E-state index contributed by atoms with van der Waals surface area (Å²) in [6.45, 7) is 10.0. The van der Waals surface area contributed by atoms with Crippen molar-refractivity contribution in [3.8, 4) is 0 Å². The first kappa shape index (κ1) is 28.4. The Kier molecular flexibility index (Phi) is 9.73. The molecule has 0 spiro atoms. The molecule has 1 saturated carbocycles. The van der Waals surface area contributed by atoms with Crippen LogP contribution < -0.4 is 16.1 Å². The van der Waals surface area contributed by atoms with Gasteiger partial charge in [-0.15, -0.1) is 0 Å². The predicted molar refractivity (Wildman–Crippen MR) is 152 cm³/mol. The van der Waals surface area contributed by atoms with Crippen molar-refractivity contribution in [1.82, 2.24) is 0 Å². The highest BCUT2D eigenvalue weighted by atomic mass is 28.4. The van der Waals surface area contributed by atoms with E-state index in [0.29, 0.717) is 18.4 Å². The number of esters is 1. The highest BCUT2D eigenvalue weighted by Gasteiger charge is 2.51. The molecule has 36 heavy (non-hydrogen) atoms. The molecule has 1 fully saturated rings. The van der Waals surface area contributed by atoms with Crippen molar-refractivity contribution in [2.45, 2.75) is 76.8 Å². The second-order valence-corrected chi connectivity index (χ2v) is 15.8. The normalized spacial score (nSPS) is 21.6. The second-order valence-electron chi connectivity index (χ2n) is 11.5. The van der Waals surface area contributed by atoms with Crippen molar-refractivity contribution >= 4 is 24.7 Å². The topological polar surface area (TPSA) is 61.5 Å². The molecule has 0 heterocycles. The summed E-state index contributed by atoms with van der Waals surface area (Å²) in [6, 6.07) is 21.7. The van der Waals surface area contributed by atoms with Crippen LogP contribution in [0.1, 0.15) is 66.2 Å². The molecule has 0 bridgehead atoms.